The molecule has 0 saturated carbocycles. The number of nitrogens with one attached hydrogen (secondary N) is 1. The summed E-state index contributed by atoms with van der Waals surface area (Å²) in [4.78, 5) is 6.55. The molecule has 0 saturated heterocycles. The second-order valence-corrected chi connectivity index (χ2v) is 4.72. The Kier molecular flexibility index (Phi) is 6.50. The third kappa shape index (κ3) is 4.53. The lowest BCUT2D eigenvalue weighted by atomic mass is 10.2. The van der Waals surface area contributed by atoms with Crippen LogP contribution in [0, 0.1) is 0 Å². The van der Waals surface area contributed by atoms with Crippen LogP contribution < -0.4 is 10.2 Å². The van der Waals surface area contributed by atoms with E-state index >= 15 is 0 Å². The van der Waals surface area contributed by atoms with Gasteiger partial charge in [0, 0.05) is 25.7 Å². The summed E-state index contributed by atoms with van der Waals surface area (Å²) in [7, 11) is 0. The molecule has 0 spiro atoms. The minimum Gasteiger partial charge on any atom is -0.396 e. The maximum Gasteiger partial charge on any atom is 0.0575 e. The fourth-order valence-electron chi connectivity index (χ4n) is 1.88. The summed E-state index contributed by atoms with van der Waals surface area (Å²) in [6.45, 7) is 8.50. The van der Waals surface area contributed by atoms with Gasteiger partial charge >= 0.3 is 0 Å². The standard InChI is InChI=1S/C14H25N3O/c1-4-6-16-13-9-14(11-15-10-13)17(12(2)3)7-5-8-18/h9-12,16,18H,4-8H2,1-3H3. The summed E-state index contributed by atoms with van der Waals surface area (Å²) in [5.74, 6) is 0. The lowest BCUT2D eigenvalue weighted by molar-refractivity contribution is 0.288. The van der Waals surface area contributed by atoms with Gasteiger partial charge in [0.25, 0.3) is 0 Å². The van der Waals surface area contributed by atoms with Crippen molar-refractivity contribution in [1.82, 2.24) is 4.98 Å². The number of anilines is 2. The molecule has 0 fully saturated rings. The zero-order chi connectivity index (χ0) is 13.4. The summed E-state index contributed by atoms with van der Waals surface area (Å²) in [5, 5.41) is 12.3. The molecule has 0 unspecified atom stereocenters. The van der Waals surface area contributed by atoms with E-state index in [0.29, 0.717) is 6.04 Å². The van der Waals surface area contributed by atoms with E-state index in [9.17, 15) is 0 Å². The molecule has 0 radical (unpaired) electrons. The van der Waals surface area contributed by atoms with Gasteiger partial charge in [-0.05, 0) is 32.8 Å². The van der Waals surface area contributed by atoms with Crippen molar-refractivity contribution in [3.05, 3.63) is 18.5 Å². The quantitative estimate of drug-likeness (QED) is 0.745. The van der Waals surface area contributed by atoms with Crippen molar-refractivity contribution in [2.45, 2.75) is 39.7 Å². The van der Waals surface area contributed by atoms with Crippen LogP contribution in [-0.4, -0.2) is 35.8 Å². The van der Waals surface area contributed by atoms with Crippen LogP contribution in [0.15, 0.2) is 18.5 Å². The molecular formula is C14H25N3O. The highest BCUT2D eigenvalue weighted by Crippen LogP contribution is 2.20. The molecule has 0 aliphatic rings. The number of hydrogen-bond donors (Lipinski definition) is 2. The van der Waals surface area contributed by atoms with Crippen LogP contribution >= 0.6 is 0 Å². The molecule has 102 valence electrons. The first-order valence-electron chi connectivity index (χ1n) is 6.75. The Bertz CT molecular complexity index is 342. The van der Waals surface area contributed by atoms with E-state index in [-0.39, 0.29) is 6.61 Å². The zero-order valence-corrected chi connectivity index (χ0v) is 11.7. The molecule has 4 heteroatoms. The van der Waals surface area contributed by atoms with Crippen LogP contribution in [0.1, 0.15) is 33.6 Å². The van der Waals surface area contributed by atoms with Crippen molar-refractivity contribution in [1.29, 1.82) is 0 Å². The van der Waals surface area contributed by atoms with Crippen molar-refractivity contribution in [2.24, 2.45) is 0 Å². The molecule has 1 heterocycles. The number of pyridine rings is 1. The van der Waals surface area contributed by atoms with E-state index in [2.05, 4.69) is 42.0 Å². The fraction of sp³-hybridized carbons (Fsp3) is 0.643. The Balaban J connectivity index is 2.77. The van der Waals surface area contributed by atoms with Crippen LogP contribution in [0.4, 0.5) is 11.4 Å². The van der Waals surface area contributed by atoms with E-state index in [4.69, 9.17) is 5.11 Å². The van der Waals surface area contributed by atoms with Crippen LogP contribution in [0.3, 0.4) is 0 Å². The van der Waals surface area contributed by atoms with Crippen molar-refractivity contribution in [2.75, 3.05) is 29.9 Å². The lowest BCUT2D eigenvalue weighted by Crippen LogP contribution is -2.32. The molecular weight excluding hydrogens is 226 g/mol. The maximum absolute atomic E-state index is 8.96. The van der Waals surface area contributed by atoms with Crippen molar-refractivity contribution < 1.29 is 5.11 Å². The Labute approximate surface area is 110 Å². The first-order chi connectivity index (χ1) is 8.69. The van der Waals surface area contributed by atoms with Gasteiger partial charge in [-0.25, -0.2) is 0 Å². The Morgan fingerprint density at radius 3 is 2.78 bits per heavy atom. The third-order valence-corrected chi connectivity index (χ3v) is 2.82. The third-order valence-electron chi connectivity index (χ3n) is 2.82. The van der Waals surface area contributed by atoms with E-state index in [0.717, 1.165) is 37.3 Å². The van der Waals surface area contributed by atoms with Crippen LogP contribution in [-0.2, 0) is 0 Å². The largest absolute Gasteiger partial charge is 0.396 e. The van der Waals surface area contributed by atoms with E-state index in [1.807, 2.05) is 12.4 Å². The normalized spacial score (nSPS) is 10.7. The van der Waals surface area contributed by atoms with E-state index in [1.54, 1.807) is 0 Å². The Hall–Kier alpha value is -1.29. The second-order valence-electron chi connectivity index (χ2n) is 4.72. The molecule has 0 aliphatic carbocycles. The highest BCUT2D eigenvalue weighted by atomic mass is 16.3. The monoisotopic (exact) mass is 251 g/mol. The Morgan fingerprint density at radius 2 is 2.17 bits per heavy atom. The summed E-state index contributed by atoms with van der Waals surface area (Å²) in [6.07, 6.45) is 5.62. The Morgan fingerprint density at radius 1 is 1.39 bits per heavy atom. The van der Waals surface area contributed by atoms with Crippen LogP contribution in [0.5, 0.6) is 0 Å². The highest BCUT2D eigenvalue weighted by Gasteiger charge is 2.10. The summed E-state index contributed by atoms with van der Waals surface area (Å²) in [5.41, 5.74) is 2.17. The SMILES string of the molecule is CCCNc1cncc(N(CCCO)C(C)C)c1. The molecule has 2 N–H and O–H groups in total. The number of aromatic nitrogens is 1. The summed E-state index contributed by atoms with van der Waals surface area (Å²) < 4.78 is 0. The average molecular weight is 251 g/mol. The van der Waals surface area contributed by atoms with E-state index < -0.39 is 0 Å². The highest BCUT2D eigenvalue weighted by molar-refractivity contribution is 5.56. The van der Waals surface area contributed by atoms with Gasteiger partial charge in [0.2, 0.25) is 0 Å². The molecule has 1 aromatic heterocycles. The minimum absolute atomic E-state index is 0.227. The minimum atomic E-state index is 0.227. The summed E-state index contributed by atoms with van der Waals surface area (Å²) in [6, 6.07) is 2.53. The summed E-state index contributed by atoms with van der Waals surface area (Å²) >= 11 is 0. The zero-order valence-electron chi connectivity index (χ0n) is 11.7. The predicted octanol–water partition coefficient (Wildman–Crippen LogP) is 2.50. The number of hydrogen-bond acceptors (Lipinski definition) is 4. The van der Waals surface area contributed by atoms with Crippen LogP contribution in [0.2, 0.25) is 0 Å². The lowest BCUT2D eigenvalue weighted by Gasteiger charge is -2.28. The number of nitrogens with zero attached hydrogens (tertiary/aromatic N) is 2. The van der Waals surface area contributed by atoms with Gasteiger partial charge < -0.3 is 15.3 Å². The molecule has 1 aromatic rings. The predicted molar refractivity (Wildman–Crippen MR) is 77.2 cm³/mol. The molecule has 1 rings (SSSR count). The van der Waals surface area contributed by atoms with Crippen molar-refractivity contribution >= 4 is 11.4 Å². The van der Waals surface area contributed by atoms with Crippen molar-refractivity contribution in [3.63, 3.8) is 0 Å². The molecule has 0 amide bonds. The van der Waals surface area contributed by atoms with Gasteiger partial charge in [-0.3, -0.25) is 4.98 Å². The van der Waals surface area contributed by atoms with Crippen LogP contribution in [0.25, 0.3) is 0 Å². The first kappa shape index (κ1) is 14.8. The van der Waals surface area contributed by atoms with Crippen molar-refractivity contribution in [3.8, 4) is 0 Å². The number of rotatable bonds is 8. The second kappa shape index (κ2) is 7.93. The van der Waals surface area contributed by atoms with E-state index in [1.165, 1.54) is 0 Å². The van der Waals surface area contributed by atoms with Gasteiger partial charge in [-0.15, -0.1) is 0 Å². The average Bonchev–Trinajstić information content (AvgIpc) is 2.37. The molecule has 4 nitrogen and oxygen atoms in total. The molecule has 0 bridgehead atoms. The fourth-order valence-corrected chi connectivity index (χ4v) is 1.88. The first-order valence-corrected chi connectivity index (χ1v) is 6.75. The van der Waals surface area contributed by atoms with Gasteiger partial charge in [-0.2, -0.15) is 0 Å². The smallest absolute Gasteiger partial charge is 0.0575 e. The van der Waals surface area contributed by atoms with Gasteiger partial charge in [0.15, 0.2) is 0 Å². The maximum atomic E-state index is 8.96. The van der Waals surface area contributed by atoms with Gasteiger partial charge in [-0.1, -0.05) is 6.92 Å². The number of aliphatic hydroxyl groups is 1. The molecule has 0 aromatic carbocycles. The van der Waals surface area contributed by atoms with Gasteiger partial charge in [0.1, 0.15) is 0 Å². The molecule has 0 aliphatic heterocycles. The molecule has 0 atom stereocenters. The topological polar surface area (TPSA) is 48.4 Å². The van der Waals surface area contributed by atoms with Gasteiger partial charge in [0.05, 0.1) is 23.8 Å². The molecule has 18 heavy (non-hydrogen) atoms. The number of aliphatic hydroxyl groups excluding tert-OH is 1.